The van der Waals surface area contributed by atoms with Gasteiger partial charge in [-0.15, -0.1) is 16.4 Å². The van der Waals surface area contributed by atoms with Crippen LogP contribution >= 0.6 is 11.3 Å². The highest BCUT2D eigenvalue weighted by molar-refractivity contribution is 7.09. The third kappa shape index (κ3) is 5.09. The summed E-state index contributed by atoms with van der Waals surface area (Å²) in [6.07, 6.45) is 6.68. The van der Waals surface area contributed by atoms with Gasteiger partial charge in [-0.2, -0.15) is 5.10 Å². The summed E-state index contributed by atoms with van der Waals surface area (Å²) in [5, 5.41) is 21.2. The van der Waals surface area contributed by atoms with E-state index in [2.05, 4.69) is 55.8 Å². The van der Waals surface area contributed by atoms with E-state index in [1.54, 1.807) is 11.3 Å². The van der Waals surface area contributed by atoms with E-state index in [9.17, 15) is 0 Å². The fraction of sp³-hybridized carbons (Fsp3) is 0.280. The molecule has 0 unspecified atom stereocenters. The molecule has 1 aromatic carbocycles. The SMILES string of the molecule is CCCCn1nc(CCc2cccs2)nc1Cc1ccc(-c2ccccc2-c2nnn[nH]2)nc1. The zero-order chi connectivity index (χ0) is 23.2. The summed E-state index contributed by atoms with van der Waals surface area (Å²) < 4.78 is 2.08. The molecule has 1 N–H and O–H groups in total. The van der Waals surface area contributed by atoms with E-state index in [0.29, 0.717) is 12.2 Å². The minimum atomic E-state index is 0.626. The van der Waals surface area contributed by atoms with Gasteiger partial charge in [0.15, 0.2) is 11.6 Å². The number of thiophene rings is 1. The lowest BCUT2D eigenvalue weighted by atomic mass is 10.0. The van der Waals surface area contributed by atoms with Crippen molar-refractivity contribution >= 4 is 11.3 Å². The summed E-state index contributed by atoms with van der Waals surface area (Å²) in [5.41, 5.74) is 3.88. The predicted molar refractivity (Wildman–Crippen MR) is 132 cm³/mol. The lowest BCUT2D eigenvalue weighted by Gasteiger charge is -2.08. The van der Waals surface area contributed by atoms with Gasteiger partial charge in [-0.25, -0.2) is 14.8 Å². The number of aryl methyl sites for hydroxylation is 3. The first-order valence-electron chi connectivity index (χ1n) is 11.5. The van der Waals surface area contributed by atoms with E-state index in [0.717, 1.165) is 66.3 Å². The molecular formula is C25H26N8S. The quantitative estimate of drug-likeness (QED) is 0.316. The van der Waals surface area contributed by atoms with Crippen LogP contribution in [0.25, 0.3) is 22.6 Å². The number of rotatable bonds is 10. The van der Waals surface area contributed by atoms with Gasteiger partial charge in [0.2, 0.25) is 0 Å². The van der Waals surface area contributed by atoms with Gasteiger partial charge in [0, 0.05) is 41.6 Å². The van der Waals surface area contributed by atoms with Crippen LogP contribution < -0.4 is 0 Å². The summed E-state index contributed by atoms with van der Waals surface area (Å²) in [7, 11) is 0. The normalized spacial score (nSPS) is 11.2. The van der Waals surface area contributed by atoms with E-state index < -0.39 is 0 Å². The van der Waals surface area contributed by atoms with Crippen molar-refractivity contribution in [2.45, 2.75) is 45.6 Å². The molecule has 0 amide bonds. The van der Waals surface area contributed by atoms with Crippen molar-refractivity contribution in [3.8, 4) is 22.6 Å². The largest absolute Gasteiger partial charge is 0.256 e. The summed E-state index contributed by atoms with van der Waals surface area (Å²) in [6.45, 7) is 3.09. The van der Waals surface area contributed by atoms with Crippen molar-refractivity contribution in [2.75, 3.05) is 0 Å². The molecule has 0 aliphatic heterocycles. The van der Waals surface area contributed by atoms with Crippen LogP contribution in [0, 0.1) is 0 Å². The molecule has 0 bridgehead atoms. The number of nitrogens with zero attached hydrogens (tertiary/aromatic N) is 7. The molecule has 4 aromatic heterocycles. The molecule has 0 atom stereocenters. The van der Waals surface area contributed by atoms with E-state index in [1.807, 2.05) is 36.5 Å². The molecule has 5 rings (SSSR count). The fourth-order valence-corrected chi connectivity index (χ4v) is 4.61. The summed E-state index contributed by atoms with van der Waals surface area (Å²) >= 11 is 1.79. The monoisotopic (exact) mass is 470 g/mol. The minimum Gasteiger partial charge on any atom is -0.256 e. The third-order valence-corrected chi connectivity index (χ3v) is 6.62. The Morgan fingerprint density at radius 2 is 1.91 bits per heavy atom. The minimum absolute atomic E-state index is 0.626. The zero-order valence-electron chi connectivity index (χ0n) is 19.1. The van der Waals surface area contributed by atoms with Crippen molar-refractivity contribution in [3.63, 3.8) is 0 Å². The predicted octanol–water partition coefficient (Wildman–Crippen LogP) is 4.76. The summed E-state index contributed by atoms with van der Waals surface area (Å²) in [5.74, 6) is 2.54. The zero-order valence-corrected chi connectivity index (χ0v) is 19.9. The molecule has 5 aromatic rings. The van der Waals surface area contributed by atoms with Crippen molar-refractivity contribution in [2.24, 2.45) is 0 Å². The Morgan fingerprint density at radius 1 is 1.00 bits per heavy atom. The highest BCUT2D eigenvalue weighted by Crippen LogP contribution is 2.28. The molecule has 0 aliphatic carbocycles. The second-order valence-corrected chi connectivity index (χ2v) is 9.16. The number of hydrogen-bond donors (Lipinski definition) is 1. The third-order valence-electron chi connectivity index (χ3n) is 5.68. The van der Waals surface area contributed by atoms with Crippen molar-refractivity contribution in [3.05, 3.63) is 82.2 Å². The van der Waals surface area contributed by atoms with Crippen LogP contribution in [0.1, 0.15) is 41.9 Å². The lowest BCUT2D eigenvalue weighted by Crippen LogP contribution is -2.07. The second kappa shape index (κ2) is 10.5. The van der Waals surface area contributed by atoms with Gasteiger partial charge in [-0.1, -0.05) is 49.7 Å². The molecule has 4 heterocycles. The first-order valence-corrected chi connectivity index (χ1v) is 12.4. The molecule has 0 aliphatic rings. The Balaban J connectivity index is 1.34. The number of pyridine rings is 1. The van der Waals surface area contributed by atoms with Gasteiger partial charge >= 0.3 is 0 Å². The molecule has 172 valence electrons. The lowest BCUT2D eigenvalue weighted by molar-refractivity contribution is 0.545. The first-order chi connectivity index (χ1) is 16.8. The molecule has 0 saturated heterocycles. The molecule has 8 nitrogen and oxygen atoms in total. The molecule has 0 spiro atoms. The van der Waals surface area contributed by atoms with Crippen LogP contribution in [-0.4, -0.2) is 40.4 Å². The Kier molecular flexibility index (Phi) is 6.81. The molecule has 0 fully saturated rings. The van der Waals surface area contributed by atoms with Gasteiger partial charge in [-0.3, -0.25) is 4.98 Å². The number of aromatic amines is 1. The van der Waals surface area contributed by atoms with Gasteiger partial charge < -0.3 is 0 Å². The van der Waals surface area contributed by atoms with Crippen molar-refractivity contribution in [1.82, 2.24) is 40.4 Å². The number of nitrogens with one attached hydrogen (secondary N) is 1. The number of tetrazole rings is 1. The average Bonchev–Trinajstić information content (AvgIpc) is 3.65. The first kappa shape index (κ1) is 22.1. The van der Waals surface area contributed by atoms with Crippen molar-refractivity contribution < 1.29 is 0 Å². The van der Waals surface area contributed by atoms with Crippen LogP contribution in [0.2, 0.25) is 0 Å². The van der Waals surface area contributed by atoms with Gasteiger partial charge in [0.25, 0.3) is 0 Å². The van der Waals surface area contributed by atoms with Gasteiger partial charge in [0.1, 0.15) is 5.82 Å². The van der Waals surface area contributed by atoms with Crippen LogP contribution in [0.3, 0.4) is 0 Å². The second-order valence-electron chi connectivity index (χ2n) is 8.12. The highest BCUT2D eigenvalue weighted by atomic mass is 32.1. The van der Waals surface area contributed by atoms with Gasteiger partial charge in [0.05, 0.1) is 5.69 Å². The molecule has 34 heavy (non-hydrogen) atoms. The smallest absolute Gasteiger partial charge is 0.180 e. The maximum atomic E-state index is 4.89. The summed E-state index contributed by atoms with van der Waals surface area (Å²) in [4.78, 5) is 11.0. The molecular weight excluding hydrogens is 444 g/mol. The Bertz CT molecular complexity index is 1310. The van der Waals surface area contributed by atoms with Crippen LogP contribution in [-0.2, 0) is 25.8 Å². The fourth-order valence-electron chi connectivity index (χ4n) is 3.90. The van der Waals surface area contributed by atoms with Crippen molar-refractivity contribution in [1.29, 1.82) is 0 Å². The van der Waals surface area contributed by atoms with Gasteiger partial charge in [-0.05, 0) is 46.3 Å². The number of aromatic nitrogens is 8. The van der Waals surface area contributed by atoms with E-state index in [1.165, 1.54) is 4.88 Å². The number of unbranched alkanes of at least 4 members (excludes halogenated alkanes) is 1. The van der Waals surface area contributed by atoms with Crippen LogP contribution in [0.4, 0.5) is 0 Å². The Morgan fingerprint density at radius 3 is 2.65 bits per heavy atom. The maximum absolute atomic E-state index is 4.89. The molecule has 9 heteroatoms. The Hall–Kier alpha value is -3.72. The molecule has 0 radical (unpaired) electrons. The number of benzene rings is 1. The van der Waals surface area contributed by atoms with E-state index >= 15 is 0 Å². The van der Waals surface area contributed by atoms with Crippen LogP contribution in [0.5, 0.6) is 0 Å². The maximum Gasteiger partial charge on any atom is 0.180 e. The standard InChI is InChI=1S/C25H26N8S/c1-2-3-14-33-24(27-23(30-33)13-11-19-7-6-15-34-19)16-18-10-12-22(26-17-18)20-8-4-5-9-21(20)25-28-31-32-29-25/h4-10,12,15,17H,2-3,11,13-14,16H2,1H3,(H,28,29,31,32). The molecule has 0 saturated carbocycles. The van der Waals surface area contributed by atoms with E-state index in [-0.39, 0.29) is 0 Å². The Labute approximate surface area is 202 Å². The van der Waals surface area contributed by atoms with Crippen LogP contribution in [0.15, 0.2) is 60.1 Å². The summed E-state index contributed by atoms with van der Waals surface area (Å²) in [6, 6.07) is 16.4. The van der Waals surface area contributed by atoms with E-state index in [4.69, 9.17) is 15.1 Å². The highest BCUT2D eigenvalue weighted by Gasteiger charge is 2.13. The topological polar surface area (TPSA) is 98.1 Å². The number of hydrogen-bond acceptors (Lipinski definition) is 7. The average molecular weight is 471 g/mol. The number of H-pyrrole nitrogens is 1.